The van der Waals surface area contributed by atoms with Gasteiger partial charge in [-0.15, -0.1) is 0 Å². The van der Waals surface area contributed by atoms with Crippen molar-refractivity contribution < 1.29 is 0 Å². The molecule has 0 aromatic heterocycles. The summed E-state index contributed by atoms with van der Waals surface area (Å²) in [5.74, 6) is 2.57. The summed E-state index contributed by atoms with van der Waals surface area (Å²) >= 11 is 0. The summed E-state index contributed by atoms with van der Waals surface area (Å²) in [5, 5.41) is 0. The Hall–Kier alpha value is -0.0800. The molecule has 4 unspecified atom stereocenters. The zero-order chi connectivity index (χ0) is 15.7. The smallest absolute Gasteiger partial charge is 0.0334 e. The van der Waals surface area contributed by atoms with Crippen molar-refractivity contribution in [3.05, 3.63) is 0 Å². The second kappa shape index (κ2) is 6.58. The molecule has 2 aliphatic rings. The van der Waals surface area contributed by atoms with Crippen molar-refractivity contribution in [2.75, 3.05) is 19.6 Å². The van der Waals surface area contributed by atoms with Crippen molar-refractivity contribution in [1.29, 1.82) is 0 Å². The molecule has 4 atom stereocenters. The summed E-state index contributed by atoms with van der Waals surface area (Å²) in [6, 6.07) is 0. The number of hydrogen-bond acceptors (Lipinski definition) is 2. The third-order valence-electron chi connectivity index (χ3n) is 6.74. The first-order valence-electron chi connectivity index (χ1n) is 9.23. The van der Waals surface area contributed by atoms with Gasteiger partial charge >= 0.3 is 0 Å². The molecule has 2 N–H and O–H groups in total. The first kappa shape index (κ1) is 17.3. The minimum atomic E-state index is 0.304. The molecule has 2 fully saturated rings. The third-order valence-corrected chi connectivity index (χ3v) is 6.74. The fraction of sp³-hybridized carbons (Fsp3) is 1.00. The molecular weight excluding hydrogens is 256 g/mol. The highest BCUT2D eigenvalue weighted by Crippen LogP contribution is 2.42. The van der Waals surface area contributed by atoms with E-state index in [0.29, 0.717) is 11.0 Å². The Labute approximate surface area is 132 Å². The lowest BCUT2D eigenvalue weighted by Crippen LogP contribution is -2.57. The fourth-order valence-electron chi connectivity index (χ4n) is 4.72. The van der Waals surface area contributed by atoms with Gasteiger partial charge in [-0.2, -0.15) is 0 Å². The normalized spacial score (nSPS) is 40.0. The summed E-state index contributed by atoms with van der Waals surface area (Å²) in [5.41, 5.74) is 7.07. The zero-order valence-corrected chi connectivity index (χ0v) is 15.1. The molecule has 0 spiro atoms. The first-order chi connectivity index (χ1) is 9.78. The van der Waals surface area contributed by atoms with Gasteiger partial charge in [-0.25, -0.2) is 0 Å². The largest absolute Gasteiger partial charge is 0.329 e. The highest BCUT2D eigenvalue weighted by atomic mass is 15.2. The quantitative estimate of drug-likeness (QED) is 0.823. The van der Waals surface area contributed by atoms with Gasteiger partial charge in [-0.05, 0) is 74.8 Å². The summed E-state index contributed by atoms with van der Waals surface area (Å²) in [6.45, 7) is 15.5. The Balaban J connectivity index is 2.06. The lowest BCUT2D eigenvalue weighted by atomic mass is 9.70. The predicted octanol–water partition coefficient (Wildman–Crippen LogP) is 4.29. The Kier molecular flexibility index (Phi) is 5.41. The Morgan fingerprint density at radius 3 is 2.33 bits per heavy atom. The van der Waals surface area contributed by atoms with Gasteiger partial charge in [0.15, 0.2) is 0 Å². The molecule has 1 saturated carbocycles. The monoisotopic (exact) mass is 294 g/mol. The Morgan fingerprint density at radius 2 is 1.76 bits per heavy atom. The summed E-state index contributed by atoms with van der Waals surface area (Å²) < 4.78 is 0. The van der Waals surface area contributed by atoms with Crippen molar-refractivity contribution in [2.45, 2.75) is 78.7 Å². The summed E-state index contributed by atoms with van der Waals surface area (Å²) in [6.07, 6.45) is 8.09. The molecule has 1 aliphatic carbocycles. The molecule has 2 heteroatoms. The molecule has 0 radical (unpaired) electrons. The maximum Gasteiger partial charge on any atom is 0.0334 e. The molecule has 1 saturated heterocycles. The lowest BCUT2D eigenvalue weighted by Gasteiger charge is -2.49. The maximum atomic E-state index is 6.31. The van der Waals surface area contributed by atoms with Crippen LogP contribution >= 0.6 is 0 Å². The molecule has 1 heterocycles. The van der Waals surface area contributed by atoms with Crippen molar-refractivity contribution in [3.63, 3.8) is 0 Å². The molecule has 0 aromatic carbocycles. The first-order valence-corrected chi connectivity index (χ1v) is 9.23. The number of rotatable bonds is 2. The molecule has 124 valence electrons. The predicted molar refractivity (Wildman–Crippen MR) is 92.3 cm³/mol. The zero-order valence-electron chi connectivity index (χ0n) is 15.1. The van der Waals surface area contributed by atoms with Gasteiger partial charge in [0.05, 0.1) is 0 Å². The highest BCUT2D eigenvalue weighted by Gasteiger charge is 2.42. The second-order valence-electron chi connectivity index (χ2n) is 9.11. The van der Waals surface area contributed by atoms with E-state index in [2.05, 4.69) is 39.5 Å². The minimum absolute atomic E-state index is 0.304. The number of nitrogens with zero attached hydrogens (tertiary/aromatic N) is 1. The van der Waals surface area contributed by atoms with Crippen LogP contribution in [0, 0.1) is 23.2 Å². The number of hydrogen-bond donors (Lipinski definition) is 1. The van der Waals surface area contributed by atoms with Crippen LogP contribution in [0.5, 0.6) is 0 Å². The van der Waals surface area contributed by atoms with Crippen LogP contribution in [0.1, 0.15) is 73.1 Å². The van der Waals surface area contributed by atoms with Gasteiger partial charge in [0.1, 0.15) is 0 Å². The van der Waals surface area contributed by atoms with Gasteiger partial charge in [0, 0.05) is 12.1 Å². The van der Waals surface area contributed by atoms with E-state index in [-0.39, 0.29) is 0 Å². The number of likely N-dealkylation sites (tertiary alicyclic amines) is 1. The van der Waals surface area contributed by atoms with Crippen LogP contribution in [0.2, 0.25) is 0 Å². The highest BCUT2D eigenvalue weighted by molar-refractivity contribution is 4.98. The SMILES string of the molecule is CC1CCC(CN)(N2CCCC(C(C)(C)C)CC2)CC1C. The van der Waals surface area contributed by atoms with Gasteiger partial charge in [-0.3, -0.25) is 4.90 Å². The minimum Gasteiger partial charge on any atom is -0.329 e. The maximum absolute atomic E-state index is 6.31. The summed E-state index contributed by atoms with van der Waals surface area (Å²) in [4.78, 5) is 2.79. The molecule has 0 aromatic rings. The van der Waals surface area contributed by atoms with Crippen molar-refractivity contribution in [1.82, 2.24) is 4.90 Å². The molecule has 21 heavy (non-hydrogen) atoms. The molecule has 0 bridgehead atoms. The van der Waals surface area contributed by atoms with Crippen LogP contribution in [0.4, 0.5) is 0 Å². The molecular formula is C19H38N2. The van der Waals surface area contributed by atoms with Gasteiger partial charge in [0.25, 0.3) is 0 Å². The van der Waals surface area contributed by atoms with Crippen molar-refractivity contribution >= 4 is 0 Å². The van der Waals surface area contributed by atoms with Crippen LogP contribution in [0.25, 0.3) is 0 Å². The van der Waals surface area contributed by atoms with Crippen LogP contribution < -0.4 is 5.73 Å². The Bertz CT molecular complexity index is 333. The average Bonchev–Trinajstić information content (AvgIpc) is 2.68. The molecule has 2 rings (SSSR count). The number of nitrogens with two attached hydrogens (primary N) is 1. The van der Waals surface area contributed by atoms with Gasteiger partial charge in [0.2, 0.25) is 0 Å². The van der Waals surface area contributed by atoms with Crippen LogP contribution in [-0.4, -0.2) is 30.1 Å². The topological polar surface area (TPSA) is 29.3 Å². The van der Waals surface area contributed by atoms with Crippen molar-refractivity contribution in [3.8, 4) is 0 Å². The third kappa shape index (κ3) is 3.82. The van der Waals surface area contributed by atoms with Gasteiger partial charge < -0.3 is 5.73 Å². The molecule has 1 aliphatic heterocycles. The Morgan fingerprint density at radius 1 is 1.05 bits per heavy atom. The van der Waals surface area contributed by atoms with Gasteiger partial charge in [-0.1, -0.05) is 34.6 Å². The van der Waals surface area contributed by atoms with E-state index >= 15 is 0 Å². The van der Waals surface area contributed by atoms with E-state index in [0.717, 1.165) is 24.3 Å². The van der Waals surface area contributed by atoms with E-state index in [1.165, 1.54) is 51.6 Å². The van der Waals surface area contributed by atoms with Crippen LogP contribution in [0.3, 0.4) is 0 Å². The van der Waals surface area contributed by atoms with E-state index in [4.69, 9.17) is 5.73 Å². The summed E-state index contributed by atoms with van der Waals surface area (Å²) in [7, 11) is 0. The van der Waals surface area contributed by atoms with E-state index in [1.54, 1.807) is 0 Å². The molecule has 0 amide bonds. The fourth-order valence-corrected chi connectivity index (χ4v) is 4.72. The lowest BCUT2D eigenvalue weighted by molar-refractivity contribution is 0.0216. The van der Waals surface area contributed by atoms with Crippen LogP contribution in [0.15, 0.2) is 0 Å². The molecule has 2 nitrogen and oxygen atoms in total. The van der Waals surface area contributed by atoms with E-state index in [1.807, 2.05) is 0 Å². The second-order valence-corrected chi connectivity index (χ2v) is 9.11. The van der Waals surface area contributed by atoms with Crippen LogP contribution in [-0.2, 0) is 0 Å². The average molecular weight is 295 g/mol. The van der Waals surface area contributed by atoms with E-state index in [9.17, 15) is 0 Å². The van der Waals surface area contributed by atoms with E-state index < -0.39 is 0 Å². The van der Waals surface area contributed by atoms with Crippen molar-refractivity contribution in [2.24, 2.45) is 28.9 Å². The standard InChI is InChI=1S/C19H38N2/c1-15-8-10-19(14-20,13-16(15)2)21-11-6-7-17(9-12-21)18(3,4)5/h15-17H,6-14,20H2,1-5H3.